The van der Waals surface area contributed by atoms with Gasteiger partial charge in [0.15, 0.2) is 6.10 Å². The minimum atomic E-state index is -4.75. The Kier molecular flexibility index (Phi) is 46.6. The van der Waals surface area contributed by atoms with E-state index in [4.69, 9.17) is 23.3 Å². The highest BCUT2D eigenvalue weighted by molar-refractivity contribution is 7.47. The van der Waals surface area contributed by atoms with Gasteiger partial charge >= 0.3 is 25.7 Å². The zero-order chi connectivity index (χ0) is 48.4. The molecule has 382 valence electrons. The summed E-state index contributed by atoms with van der Waals surface area (Å²) in [7, 11) is -4.75. The van der Waals surface area contributed by atoms with Gasteiger partial charge in [-0.15, -0.1) is 0 Å². The highest BCUT2D eigenvalue weighted by Crippen LogP contribution is 2.43. The van der Waals surface area contributed by atoms with Crippen molar-refractivity contribution in [3.05, 3.63) is 60.8 Å². The summed E-state index contributed by atoms with van der Waals surface area (Å²) >= 11 is 0. The van der Waals surface area contributed by atoms with Crippen LogP contribution < -0.4 is 0 Å². The fraction of sp³-hybridized carbons (Fsp3) is 0.759. The lowest BCUT2D eigenvalue weighted by Gasteiger charge is -2.21. The second-order valence-corrected chi connectivity index (χ2v) is 18.8. The van der Waals surface area contributed by atoms with Gasteiger partial charge in [-0.1, -0.05) is 171 Å². The molecule has 2 N–H and O–H groups in total. The normalized spacial score (nSPS) is 14.0. The van der Waals surface area contributed by atoms with E-state index in [2.05, 4.69) is 81.5 Å². The molecule has 0 aliphatic heterocycles. The van der Waals surface area contributed by atoms with E-state index in [-0.39, 0.29) is 25.9 Å². The monoisotopic (exact) mass is 951 g/mol. The summed E-state index contributed by atoms with van der Waals surface area (Å²) in [6.07, 6.45) is 50.5. The zero-order valence-electron chi connectivity index (χ0n) is 41.9. The molecule has 0 spiro atoms. The zero-order valence-corrected chi connectivity index (χ0v) is 42.8. The number of phosphoric ester groups is 1. The molecule has 66 heavy (non-hydrogen) atoms. The third kappa shape index (κ3) is 46.3. The number of esters is 3. The van der Waals surface area contributed by atoms with E-state index in [9.17, 15) is 28.9 Å². The van der Waals surface area contributed by atoms with Crippen LogP contribution in [-0.2, 0) is 42.2 Å². The molecule has 0 radical (unpaired) electrons. The maximum absolute atomic E-state index is 12.8. The van der Waals surface area contributed by atoms with Crippen LogP contribution in [0.1, 0.15) is 226 Å². The molecule has 0 aromatic carbocycles. The first-order chi connectivity index (χ1) is 32.2. The molecule has 0 fully saturated rings. The van der Waals surface area contributed by atoms with Gasteiger partial charge in [-0.2, -0.15) is 0 Å². The van der Waals surface area contributed by atoms with E-state index in [1.165, 1.54) is 51.4 Å². The van der Waals surface area contributed by atoms with E-state index in [0.29, 0.717) is 19.3 Å². The Morgan fingerprint density at radius 1 is 0.439 bits per heavy atom. The number of ether oxygens (including phenoxy) is 3. The fourth-order valence-corrected chi connectivity index (χ4v) is 7.66. The Morgan fingerprint density at radius 2 is 0.803 bits per heavy atom. The third-order valence-electron chi connectivity index (χ3n) is 10.9. The van der Waals surface area contributed by atoms with Crippen LogP contribution in [0, 0.1) is 0 Å². The van der Waals surface area contributed by atoms with Crippen LogP contribution in [0.2, 0.25) is 0 Å². The summed E-state index contributed by atoms with van der Waals surface area (Å²) in [5.41, 5.74) is 0. The largest absolute Gasteiger partial charge is 0.472 e. The summed E-state index contributed by atoms with van der Waals surface area (Å²) in [6.45, 7) is 4.42. The second kappa shape index (κ2) is 48.6. The highest BCUT2D eigenvalue weighted by Gasteiger charge is 2.28. The van der Waals surface area contributed by atoms with Gasteiger partial charge in [0.05, 0.1) is 19.8 Å². The van der Waals surface area contributed by atoms with E-state index in [1.807, 2.05) is 0 Å². The van der Waals surface area contributed by atoms with Crippen molar-refractivity contribution < 1.29 is 52.2 Å². The van der Waals surface area contributed by atoms with Crippen LogP contribution in [0.25, 0.3) is 0 Å². The highest BCUT2D eigenvalue weighted by atomic mass is 31.2. The van der Waals surface area contributed by atoms with Crippen molar-refractivity contribution in [2.24, 2.45) is 0 Å². The number of allylic oxidation sites excluding steroid dienone is 10. The minimum Gasteiger partial charge on any atom is -0.462 e. The van der Waals surface area contributed by atoms with Gasteiger partial charge in [-0.25, -0.2) is 4.57 Å². The average Bonchev–Trinajstić information content (AvgIpc) is 3.30. The lowest BCUT2D eigenvalue weighted by Crippen LogP contribution is -2.30. The van der Waals surface area contributed by atoms with Crippen molar-refractivity contribution in [2.45, 2.75) is 238 Å². The number of carbonyl (C=O) groups excluding carboxylic acids is 3. The molecule has 0 aromatic rings. The van der Waals surface area contributed by atoms with Crippen LogP contribution in [-0.4, -0.2) is 66.5 Å². The first-order valence-electron chi connectivity index (χ1n) is 26.2. The number of unbranched alkanes of at least 4 members (excludes halogenated alkanes) is 21. The number of carbonyl (C=O) groups is 3. The van der Waals surface area contributed by atoms with E-state index in [1.54, 1.807) is 0 Å². The molecule has 12 heteroatoms. The number of hydrogen-bond acceptors (Lipinski definition) is 10. The molecular formula is C54H95O11P. The van der Waals surface area contributed by atoms with E-state index in [0.717, 1.165) is 116 Å². The molecule has 0 bridgehead atoms. The fourth-order valence-electron chi connectivity index (χ4n) is 6.87. The molecule has 0 saturated heterocycles. The van der Waals surface area contributed by atoms with Gasteiger partial charge in [-0.05, 0) is 96.3 Å². The predicted octanol–water partition coefficient (Wildman–Crippen LogP) is 14.8. The number of phosphoric acid groups is 1. The molecule has 0 heterocycles. The first-order valence-corrected chi connectivity index (χ1v) is 27.7. The molecule has 3 atom stereocenters. The molecule has 0 aliphatic rings. The minimum absolute atomic E-state index is 0.150. The number of hydrogen-bond donors (Lipinski definition) is 2. The Bertz CT molecular complexity index is 1340. The maximum Gasteiger partial charge on any atom is 0.472 e. The molecule has 0 amide bonds. The lowest BCUT2D eigenvalue weighted by molar-refractivity contribution is -0.161. The predicted molar refractivity (Wildman–Crippen MR) is 270 cm³/mol. The first kappa shape index (κ1) is 63.2. The van der Waals surface area contributed by atoms with Gasteiger partial charge in [0.1, 0.15) is 12.7 Å². The topological polar surface area (TPSA) is 155 Å². The summed E-state index contributed by atoms with van der Waals surface area (Å²) in [4.78, 5) is 48.3. The summed E-state index contributed by atoms with van der Waals surface area (Å²) in [5, 5.41) is 9.76. The van der Waals surface area contributed by atoms with Gasteiger partial charge in [0.2, 0.25) is 0 Å². The standard InChI is InChI=1S/C54H95O11P/c1-4-7-10-13-16-19-22-24-25-27-30-33-36-39-42-45-54(58)65-51(47-61-52(56)43-40-37-34-31-29-26-23-20-17-14-11-8-5-2)49-63-66(59,60)62-48-50(46-55)64-53(57)44-41-38-35-32-28-21-18-15-12-9-6-3/h8,11,15,17-18,20,24-26,29,50-51,55H,4-7,9-10,12-14,16,19,21-23,27-28,30-49H2,1-3H3,(H,59,60)/b11-8-,18-15-,20-17-,25-24-,29-26-. The second-order valence-electron chi connectivity index (χ2n) is 17.3. The van der Waals surface area contributed by atoms with Gasteiger partial charge < -0.3 is 24.2 Å². The summed E-state index contributed by atoms with van der Waals surface area (Å²) in [6, 6.07) is 0. The molecule has 0 aliphatic carbocycles. The molecule has 0 aromatic heterocycles. The molecule has 11 nitrogen and oxygen atoms in total. The number of aliphatic hydroxyl groups excluding tert-OH is 1. The van der Waals surface area contributed by atoms with Crippen molar-refractivity contribution in [2.75, 3.05) is 26.4 Å². The Labute approximate surface area is 402 Å². The van der Waals surface area contributed by atoms with Crippen LogP contribution >= 0.6 is 7.82 Å². The third-order valence-corrected chi connectivity index (χ3v) is 11.8. The van der Waals surface area contributed by atoms with Crippen molar-refractivity contribution in [3.63, 3.8) is 0 Å². The van der Waals surface area contributed by atoms with Crippen molar-refractivity contribution in [1.82, 2.24) is 0 Å². The Hall–Kier alpha value is -2.82. The van der Waals surface area contributed by atoms with Crippen LogP contribution in [0.4, 0.5) is 0 Å². The van der Waals surface area contributed by atoms with Crippen LogP contribution in [0.5, 0.6) is 0 Å². The van der Waals surface area contributed by atoms with Gasteiger partial charge in [0.25, 0.3) is 0 Å². The average molecular weight is 951 g/mol. The number of aliphatic hydroxyl groups is 1. The summed E-state index contributed by atoms with van der Waals surface area (Å²) < 4.78 is 39.3. The van der Waals surface area contributed by atoms with E-state index < -0.39 is 57.8 Å². The molecule has 0 saturated carbocycles. The maximum atomic E-state index is 12.8. The smallest absolute Gasteiger partial charge is 0.462 e. The van der Waals surface area contributed by atoms with Crippen LogP contribution in [0.3, 0.4) is 0 Å². The Balaban J connectivity index is 4.80. The van der Waals surface area contributed by atoms with Crippen molar-refractivity contribution in [1.29, 1.82) is 0 Å². The van der Waals surface area contributed by atoms with Gasteiger partial charge in [-0.3, -0.25) is 23.4 Å². The molecular weight excluding hydrogens is 856 g/mol. The summed E-state index contributed by atoms with van der Waals surface area (Å²) in [5.74, 6) is -1.52. The van der Waals surface area contributed by atoms with E-state index >= 15 is 0 Å². The molecule has 0 rings (SSSR count). The quantitative estimate of drug-likeness (QED) is 0.0197. The molecule has 3 unspecified atom stereocenters. The van der Waals surface area contributed by atoms with Crippen molar-refractivity contribution >= 4 is 25.7 Å². The Morgan fingerprint density at radius 3 is 1.29 bits per heavy atom. The van der Waals surface area contributed by atoms with Crippen LogP contribution in [0.15, 0.2) is 60.8 Å². The number of rotatable bonds is 48. The lowest BCUT2D eigenvalue weighted by atomic mass is 10.1. The SMILES string of the molecule is CC/C=C\C/C=C\C/C=C\CCCCCC(=O)OCC(COP(=O)(O)OCC(CO)OC(=O)CCCCCCC/C=C\CCCC)OC(=O)CCCCCCC/C=C\CCCCCCCC. The van der Waals surface area contributed by atoms with Gasteiger partial charge in [0, 0.05) is 19.3 Å². The van der Waals surface area contributed by atoms with Crippen molar-refractivity contribution in [3.8, 4) is 0 Å².